The number of hydrogen-bond acceptors (Lipinski definition) is 3. The molecule has 1 rings (SSSR count). The summed E-state index contributed by atoms with van der Waals surface area (Å²) in [6, 6.07) is 8.83. The third kappa shape index (κ3) is 7.04. The lowest BCUT2D eigenvalue weighted by molar-refractivity contribution is -0.127. The van der Waals surface area contributed by atoms with Crippen molar-refractivity contribution in [1.29, 1.82) is 0 Å². The zero-order chi connectivity index (χ0) is 16.4. The smallest absolute Gasteiger partial charge is 0.244 e. The molecule has 0 aliphatic heterocycles. The van der Waals surface area contributed by atoms with E-state index in [-0.39, 0.29) is 24.5 Å². The van der Waals surface area contributed by atoms with Crippen LogP contribution in [0.15, 0.2) is 36.4 Å². The average molecular weight is 304 g/mol. The van der Waals surface area contributed by atoms with Crippen LogP contribution < -0.4 is 10.6 Å². The van der Waals surface area contributed by atoms with Gasteiger partial charge in [0.25, 0.3) is 0 Å². The van der Waals surface area contributed by atoms with Gasteiger partial charge in [0.15, 0.2) is 0 Å². The van der Waals surface area contributed by atoms with E-state index in [4.69, 9.17) is 5.11 Å². The van der Waals surface area contributed by atoms with Crippen molar-refractivity contribution in [3.8, 4) is 0 Å². The lowest BCUT2D eigenvalue weighted by atomic mass is 10.1. The maximum absolute atomic E-state index is 11.9. The Morgan fingerprint density at radius 3 is 2.50 bits per heavy atom. The Balaban J connectivity index is 2.40. The topological polar surface area (TPSA) is 78.4 Å². The zero-order valence-corrected chi connectivity index (χ0v) is 13.1. The van der Waals surface area contributed by atoms with Gasteiger partial charge in [-0.15, -0.1) is 0 Å². The third-order valence-corrected chi connectivity index (χ3v) is 3.16. The first kappa shape index (κ1) is 17.9. The van der Waals surface area contributed by atoms with E-state index in [9.17, 15) is 9.59 Å². The summed E-state index contributed by atoms with van der Waals surface area (Å²) in [4.78, 5) is 23.7. The summed E-state index contributed by atoms with van der Waals surface area (Å²) in [6.07, 6.45) is 4.46. The van der Waals surface area contributed by atoms with Gasteiger partial charge in [0.2, 0.25) is 11.8 Å². The first-order valence-corrected chi connectivity index (χ1v) is 7.47. The van der Waals surface area contributed by atoms with Crippen LogP contribution in [-0.2, 0) is 9.59 Å². The molecule has 0 spiro atoms. The highest BCUT2D eigenvalue weighted by Crippen LogP contribution is 2.01. The monoisotopic (exact) mass is 304 g/mol. The fraction of sp³-hybridized carbons (Fsp3) is 0.412. The largest absolute Gasteiger partial charge is 0.396 e. The Morgan fingerprint density at radius 2 is 1.86 bits per heavy atom. The highest BCUT2D eigenvalue weighted by molar-refractivity contribution is 5.95. The van der Waals surface area contributed by atoms with Crippen molar-refractivity contribution in [2.24, 2.45) is 0 Å². The molecule has 5 heteroatoms. The first-order valence-electron chi connectivity index (χ1n) is 7.47. The molecule has 0 aromatic heterocycles. The number of nitrogens with one attached hydrogen (secondary N) is 2. The number of aliphatic hydroxyl groups is 1. The summed E-state index contributed by atoms with van der Waals surface area (Å²) in [5.41, 5.74) is 0.924. The highest BCUT2D eigenvalue weighted by Gasteiger charge is 2.16. The molecule has 120 valence electrons. The van der Waals surface area contributed by atoms with Crippen LogP contribution in [0.1, 0.15) is 32.3 Å². The van der Waals surface area contributed by atoms with Crippen molar-refractivity contribution in [1.82, 2.24) is 10.6 Å². The standard InChI is InChI=1S/C17H24N2O3/c1-13(7-6-12-20)18-17(22)14(2)19-16(21)11-10-15-8-4-3-5-9-15/h3-5,8-11,13-14,20H,6-7,12H2,1-2H3,(H,18,22)(H,19,21)/b11-10+. The van der Waals surface area contributed by atoms with Crippen LogP contribution in [0, 0.1) is 0 Å². The summed E-state index contributed by atoms with van der Waals surface area (Å²) < 4.78 is 0. The van der Waals surface area contributed by atoms with Crippen molar-refractivity contribution in [2.45, 2.75) is 38.8 Å². The maximum atomic E-state index is 11.9. The van der Waals surface area contributed by atoms with Crippen LogP contribution >= 0.6 is 0 Å². The molecule has 2 amide bonds. The van der Waals surface area contributed by atoms with E-state index < -0.39 is 6.04 Å². The second kappa shape index (κ2) is 9.73. The lowest BCUT2D eigenvalue weighted by Crippen LogP contribution is -2.47. The van der Waals surface area contributed by atoms with Gasteiger partial charge < -0.3 is 15.7 Å². The van der Waals surface area contributed by atoms with Gasteiger partial charge >= 0.3 is 0 Å². The summed E-state index contributed by atoms with van der Waals surface area (Å²) in [5.74, 6) is -0.540. The molecule has 1 aromatic carbocycles. The van der Waals surface area contributed by atoms with Crippen LogP contribution in [0.25, 0.3) is 6.08 Å². The number of aliphatic hydroxyl groups excluding tert-OH is 1. The molecular formula is C17H24N2O3. The zero-order valence-electron chi connectivity index (χ0n) is 13.1. The van der Waals surface area contributed by atoms with Gasteiger partial charge in [-0.2, -0.15) is 0 Å². The van der Waals surface area contributed by atoms with E-state index in [1.54, 1.807) is 13.0 Å². The Bertz CT molecular complexity index is 500. The molecule has 22 heavy (non-hydrogen) atoms. The summed E-state index contributed by atoms with van der Waals surface area (Å²) in [7, 11) is 0. The number of benzene rings is 1. The fourth-order valence-electron chi connectivity index (χ4n) is 1.90. The Hall–Kier alpha value is -2.14. The highest BCUT2D eigenvalue weighted by atomic mass is 16.3. The predicted octanol–water partition coefficient (Wildman–Crippen LogP) is 1.48. The van der Waals surface area contributed by atoms with Crippen molar-refractivity contribution < 1.29 is 14.7 Å². The van der Waals surface area contributed by atoms with Gasteiger partial charge in [0, 0.05) is 18.7 Å². The van der Waals surface area contributed by atoms with Gasteiger partial charge in [-0.25, -0.2) is 0 Å². The molecule has 3 N–H and O–H groups in total. The quantitative estimate of drug-likeness (QED) is 0.637. The van der Waals surface area contributed by atoms with Crippen molar-refractivity contribution in [3.63, 3.8) is 0 Å². The van der Waals surface area contributed by atoms with Crippen LogP contribution in [0.4, 0.5) is 0 Å². The molecule has 0 aliphatic carbocycles. The molecule has 1 aromatic rings. The summed E-state index contributed by atoms with van der Waals surface area (Å²) in [6.45, 7) is 3.62. The average Bonchev–Trinajstić information content (AvgIpc) is 2.51. The maximum Gasteiger partial charge on any atom is 0.244 e. The van der Waals surface area contributed by atoms with E-state index in [1.807, 2.05) is 37.3 Å². The van der Waals surface area contributed by atoms with E-state index in [2.05, 4.69) is 10.6 Å². The molecular weight excluding hydrogens is 280 g/mol. The van der Waals surface area contributed by atoms with Gasteiger partial charge in [0.1, 0.15) is 6.04 Å². The Kier molecular flexibility index (Phi) is 7.92. The Morgan fingerprint density at radius 1 is 1.18 bits per heavy atom. The SMILES string of the molecule is CC(CCCO)NC(=O)C(C)NC(=O)/C=C/c1ccccc1. The van der Waals surface area contributed by atoms with E-state index in [0.29, 0.717) is 12.8 Å². The molecule has 0 radical (unpaired) electrons. The van der Waals surface area contributed by atoms with Crippen LogP contribution in [0.2, 0.25) is 0 Å². The number of hydrogen-bond donors (Lipinski definition) is 3. The van der Waals surface area contributed by atoms with E-state index in [0.717, 1.165) is 5.56 Å². The molecule has 2 atom stereocenters. The van der Waals surface area contributed by atoms with Crippen molar-refractivity contribution in [3.05, 3.63) is 42.0 Å². The number of rotatable bonds is 8. The number of carbonyl (C=O) groups is 2. The molecule has 2 unspecified atom stereocenters. The van der Waals surface area contributed by atoms with Gasteiger partial charge in [0.05, 0.1) is 0 Å². The summed E-state index contributed by atoms with van der Waals surface area (Å²) >= 11 is 0. The molecule has 5 nitrogen and oxygen atoms in total. The third-order valence-electron chi connectivity index (χ3n) is 3.16. The van der Waals surface area contributed by atoms with Crippen molar-refractivity contribution in [2.75, 3.05) is 6.61 Å². The molecule has 0 saturated carbocycles. The molecule has 0 aliphatic rings. The minimum Gasteiger partial charge on any atom is -0.396 e. The van der Waals surface area contributed by atoms with Crippen molar-refractivity contribution >= 4 is 17.9 Å². The minimum atomic E-state index is -0.607. The molecule has 0 saturated heterocycles. The van der Waals surface area contributed by atoms with Crippen LogP contribution in [0.3, 0.4) is 0 Å². The van der Waals surface area contributed by atoms with E-state index in [1.165, 1.54) is 6.08 Å². The molecule has 0 fully saturated rings. The molecule has 0 bridgehead atoms. The predicted molar refractivity (Wildman–Crippen MR) is 87.0 cm³/mol. The van der Waals surface area contributed by atoms with Gasteiger partial charge in [-0.3, -0.25) is 9.59 Å². The number of amides is 2. The first-order chi connectivity index (χ1) is 10.5. The lowest BCUT2D eigenvalue weighted by Gasteiger charge is -2.17. The Labute approximate surface area is 131 Å². The molecule has 0 heterocycles. The second-order valence-corrected chi connectivity index (χ2v) is 5.25. The van der Waals surface area contributed by atoms with Gasteiger partial charge in [-0.1, -0.05) is 30.3 Å². The van der Waals surface area contributed by atoms with Crippen LogP contribution in [0.5, 0.6) is 0 Å². The number of carbonyl (C=O) groups excluding carboxylic acids is 2. The fourth-order valence-corrected chi connectivity index (χ4v) is 1.90. The summed E-state index contributed by atoms with van der Waals surface area (Å²) in [5, 5.41) is 14.2. The minimum absolute atomic E-state index is 0.0288. The van der Waals surface area contributed by atoms with Crippen LogP contribution in [-0.4, -0.2) is 35.6 Å². The second-order valence-electron chi connectivity index (χ2n) is 5.25. The van der Waals surface area contributed by atoms with Gasteiger partial charge in [-0.05, 0) is 38.3 Å². The normalized spacial score (nSPS) is 13.6. The van der Waals surface area contributed by atoms with E-state index >= 15 is 0 Å².